The Hall–Kier alpha value is -3.26. The molecule has 0 spiro atoms. The first-order valence-electron chi connectivity index (χ1n) is 9.38. The Kier molecular flexibility index (Phi) is 7.51. The average molecular weight is 425 g/mol. The Balaban J connectivity index is 1.60. The predicted molar refractivity (Wildman–Crippen MR) is 118 cm³/mol. The Morgan fingerprint density at radius 3 is 2.73 bits per heavy atom. The largest absolute Gasteiger partial charge is 0.497 e. The van der Waals surface area contributed by atoms with E-state index in [0.29, 0.717) is 29.0 Å². The lowest BCUT2D eigenvalue weighted by atomic mass is 10.2. The van der Waals surface area contributed by atoms with Crippen molar-refractivity contribution in [2.45, 2.75) is 25.2 Å². The van der Waals surface area contributed by atoms with Gasteiger partial charge in [0.15, 0.2) is 11.0 Å². The van der Waals surface area contributed by atoms with E-state index in [1.807, 2.05) is 54.0 Å². The van der Waals surface area contributed by atoms with Crippen molar-refractivity contribution >= 4 is 23.4 Å². The van der Waals surface area contributed by atoms with Crippen LogP contribution < -0.4 is 14.8 Å². The van der Waals surface area contributed by atoms with Crippen molar-refractivity contribution in [1.82, 2.24) is 14.8 Å². The van der Waals surface area contributed by atoms with Gasteiger partial charge in [-0.25, -0.2) is 0 Å². The van der Waals surface area contributed by atoms with E-state index in [4.69, 9.17) is 9.47 Å². The minimum atomic E-state index is -0.140. The molecular formula is C22H24N4O3S. The smallest absolute Gasteiger partial charge is 0.234 e. The highest BCUT2D eigenvalue weighted by Gasteiger charge is 2.14. The maximum absolute atomic E-state index is 12.3. The molecule has 8 heteroatoms. The number of hydrogen-bond donors (Lipinski definition) is 1. The summed E-state index contributed by atoms with van der Waals surface area (Å²) in [5, 5.41) is 11.9. The molecule has 1 N–H and O–H groups in total. The van der Waals surface area contributed by atoms with E-state index >= 15 is 0 Å². The molecule has 3 rings (SSSR count). The number of ether oxygens (including phenoxy) is 2. The Morgan fingerprint density at radius 2 is 2.00 bits per heavy atom. The molecule has 156 valence electrons. The number of aryl methyl sites for hydroxylation is 1. The second kappa shape index (κ2) is 10.5. The van der Waals surface area contributed by atoms with Crippen LogP contribution >= 0.6 is 11.8 Å². The number of carbonyl (C=O) groups is 1. The average Bonchev–Trinajstić information content (AvgIpc) is 3.14. The molecule has 30 heavy (non-hydrogen) atoms. The molecule has 3 aromatic rings. The zero-order chi connectivity index (χ0) is 21.3. The molecule has 0 aliphatic heterocycles. The lowest BCUT2D eigenvalue weighted by Crippen LogP contribution is -2.15. The standard InChI is InChI=1S/C22H24N4O3S/c1-4-12-26-20(14-29-18-10-8-16(2)9-11-18)24-25-22(26)30-15-21(27)23-17-6-5-7-19(13-17)28-3/h4-11,13H,1,12,14-15H2,2-3H3,(H,23,27). The minimum absolute atomic E-state index is 0.140. The number of thioether (sulfide) groups is 1. The summed E-state index contributed by atoms with van der Waals surface area (Å²) in [4.78, 5) is 12.3. The highest BCUT2D eigenvalue weighted by atomic mass is 32.2. The van der Waals surface area contributed by atoms with Gasteiger partial charge >= 0.3 is 0 Å². The van der Waals surface area contributed by atoms with E-state index in [1.54, 1.807) is 19.3 Å². The lowest BCUT2D eigenvalue weighted by Gasteiger charge is -2.10. The highest BCUT2D eigenvalue weighted by Crippen LogP contribution is 2.21. The number of aromatic nitrogens is 3. The van der Waals surface area contributed by atoms with Crippen LogP contribution in [0, 0.1) is 6.92 Å². The third kappa shape index (κ3) is 5.87. The third-order valence-corrected chi connectivity index (χ3v) is 5.15. The summed E-state index contributed by atoms with van der Waals surface area (Å²) in [6.45, 7) is 6.63. The second-order valence-electron chi connectivity index (χ2n) is 6.47. The summed E-state index contributed by atoms with van der Waals surface area (Å²) >= 11 is 1.31. The van der Waals surface area contributed by atoms with Gasteiger partial charge in [-0.1, -0.05) is 41.6 Å². The van der Waals surface area contributed by atoms with Gasteiger partial charge in [0.25, 0.3) is 0 Å². The second-order valence-corrected chi connectivity index (χ2v) is 7.41. The number of allylic oxidation sites excluding steroid dienone is 1. The van der Waals surface area contributed by atoms with E-state index in [9.17, 15) is 4.79 Å². The van der Waals surface area contributed by atoms with Crippen LogP contribution in [0.5, 0.6) is 11.5 Å². The topological polar surface area (TPSA) is 78.3 Å². The zero-order valence-corrected chi connectivity index (χ0v) is 17.8. The van der Waals surface area contributed by atoms with Crippen molar-refractivity contribution in [2.75, 3.05) is 18.2 Å². The van der Waals surface area contributed by atoms with Crippen molar-refractivity contribution in [3.8, 4) is 11.5 Å². The summed E-state index contributed by atoms with van der Waals surface area (Å²) in [6, 6.07) is 15.0. The molecule has 0 saturated carbocycles. The number of hydrogen-bond acceptors (Lipinski definition) is 6. The molecule has 0 atom stereocenters. The first kappa shape index (κ1) is 21.4. The monoisotopic (exact) mass is 424 g/mol. The van der Waals surface area contributed by atoms with E-state index in [2.05, 4.69) is 22.1 Å². The Morgan fingerprint density at radius 1 is 1.20 bits per heavy atom. The van der Waals surface area contributed by atoms with Crippen LogP contribution in [0.1, 0.15) is 11.4 Å². The van der Waals surface area contributed by atoms with Crippen LogP contribution in [-0.2, 0) is 17.9 Å². The fourth-order valence-electron chi connectivity index (χ4n) is 2.66. The van der Waals surface area contributed by atoms with Gasteiger partial charge in [-0.3, -0.25) is 9.36 Å². The van der Waals surface area contributed by atoms with Crippen molar-refractivity contribution in [3.05, 3.63) is 72.6 Å². The maximum atomic E-state index is 12.3. The van der Waals surface area contributed by atoms with Gasteiger partial charge in [0.05, 0.1) is 12.9 Å². The number of benzene rings is 2. The van der Waals surface area contributed by atoms with E-state index in [1.165, 1.54) is 17.3 Å². The summed E-state index contributed by atoms with van der Waals surface area (Å²) in [6.07, 6.45) is 1.76. The van der Waals surface area contributed by atoms with Crippen LogP contribution in [0.15, 0.2) is 66.3 Å². The number of methoxy groups -OCH3 is 1. The SMILES string of the molecule is C=CCn1c(COc2ccc(C)cc2)nnc1SCC(=O)Nc1cccc(OC)c1. The van der Waals surface area contributed by atoms with Crippen molar-refractivity contribution in [2.24, 2.45) is 0 Å². The molecule has 0 unspecified atom stereocenters. The molecular weight excluding hydrogens is 400 g/mol. The summed E-state index contributed by atoms with van der Waals surface area (Å²) < 4.78 is 12.9. The van der Waals surface area contributed by atoms with Gasteiger partial charge in [0.2, 0.25) is 5.91 Å². The molecule has 1 amide bonds. The third-order valence-electron chi connectivity index (χ3n) is 4.18. The van der Waals surface area contributed by atoms with Gasteiger partial charge in [-0.15, -0.1) is 16.8 Å². The highest BCUT2D eigenvalue weighted by molar-refractivity contribution is 7.99. The number of amides is 1. The molecule has 0 aliphatic carbocycles. The fraction of sp³-hybridized carbons (Fsp3) is 0.227. The first-order valence-corrected chi connectivity index (χ1v) is 10.4. The van der Waals surface area contributed by atoms with Crippen LogP contribution in [0.2, 0.25) is 0 Å². The molecule has 0 fully saturated rings. The van der Waals surface area contributed by atoms with Crippen molar-refractivity contribution in [1.29, 1.82) is 0 Å². The number of nitrogens with one attached hydrogen (secondary N) is 1. The normalized spacial score (nSPS) is 10.5. The number of anilines is 1. The van der Waals surface area contributed by atoms with Crippen LogP contribution in [0.3, 0.4) is 0 Å². The Bertz CT molecular complexity index is 1000. The van der Waals surface area contributed by atoms with Gasteiger partial charge in [-0.05, 0) is 31.2 Å². The predicted octanol–water partition coefficient (Wildman–Crippen LogP) is 4.09. The van der Waals surface area contributed by atoms with Gasteiger partial charge in [0, 0.05) is 18.3 Å². The molecule has 1 aromatic heterocycles. The summed E-state index contributed by atoms with van der Waals surface area (Å²) in [5.74, 6) is 2.18. The van der Waals surface area contributed by atoms with E-state index < -0.39 is 0 Å². The van der Waals surface area contributed by atoms with Gasteiger partial charge in [-0.2, -0.15) is 0 Å². The molecule has 0 aliphatic rings. The van der Waals surface area contributed by atoms with E-state index in [0.717, 1.165) is 5.75 Å². The number of carbonyl (C=O) groups excluding carboxylic acids is 1. The molecule has 0 radical (unpaired) electrons. The molecule has 0 saturated heterocycles. The first-order chi connectivity index (χ1) is 14.6. The lowest BCUT2D eigenvalue weighted by molar-refractivity contribution is -0.113. The molecule has 1 heterocycles. The van der Waals surface area contributed by atoms with E-state index in [-0.39, 0.29) is 18.3 Å². The number of rotatable bonds is 10. The summed E-state index contributed by atoms with van der Waals surface area (Å²) in [5.41, 5.74) is 1.85. The molecule has 2 aromatic carbocycles. The van der Waals surface area contributed by atoms with Gasteiger partial charge < -0.3 is 14.8 Å². The minimum Gasteiger partial charge on any atom is -0.497 e. The van der Waals surface area contributed by atoms with Crippen LogP contribution in [0.25, 0.3) is 0 Å². The van der Waals surface area contributed by atoms with Gasteiger partial charge in [0.1, 0.15) is 18.1 Å². The van der Waals surface area contributed by atoms with Crippen molar-refractivity contribution < 1.29 is 14.3 Å². The zero-order valence-electron chi connectivity index (χ0n) is 17.0. The molecule has 0 bridgehead atoms. The van der Waals surface area contributed by atoms with Crippen LogP contribution in [-0.4, -0.2) is 33.5 Å². The molecule has 7 nitrogen and oxygen atoms in total. The Labute approximate surface area is 180 Å². The quantitative estimate of drug-likeness (QED) is 0.390. The van der Waals surface area contributed by atoms with Crippen molar-refractivity contribution in [3.63, 3.8) is 0 Å². The number of nitrogens with zero attached hydrogens (tertiary/aromatic N) is 3. The summed E-state index contributed by atoms with van der Waals surface area (Å²) in [7, 11) is 1.59. The maximum Gasteiger partial charge on any atom is 0.234 e. The van der Waals surface area contributed by atoms with Crippen LogP contribution in [0.4, 0.5) is 5.69 Å². The fourth-order valence-corrected chi connectivity index (χ4v) is 3.42.